The van der Waals surface area contributed by atoms with Crippen LogP contribution in [0.3, 0.4) is 0 Å². The van der Waals surface area contributed by atoms with Crippen molar-refractivity contribution in [3.8, 4) is 17.2 Å². The van der Waals surface area contributed by atoms with Gasteiger partial charge in [0, 0.05) is 26.2 Å². The van der Waals surface area contributed by atoms with Crippen molar-refractivity contribution in [1.82, 2.24) is 9.80 Å². The maximum Gasteiger partial charge on any atom is 0.231 e. The summed E-state index contributed by atoms with van der Waals surface area (Å²) in [5, 5.41) is 0. The number of hydrogen-bond donors (Lipinski definition) is 0. The van der Waals surface area contributed by atoms with Crippen molar-refractivity contribution in [3.63, 3.8) is 0 Å². The van der Waals surface area contributed by atoms with Crippen LogP contribution in [0.15, 0.2) is 12.1 Å². The van der Waals surface area contributed by atoms with E-state index in [1.807, 2.05) is 12.1 Å². The predicted molar refractivity (Wildman–Crippen MR) is 87.1 cm³/mol. The summed E-state index contributed by atoms with van der Waals surface area (Å²) in [7, 11) is 5.93. The second-order valence-corrected chi connectivity index (χ2v) is 6.32. The van der Waals surface area contributed by atoms with Gasteiger partial charge in [0.15, 0.2) is 18.3 Å². The van der Waals surface area contributed by atoms with E-state index in [0.29, 0.717) is 6.04 Å². The first-order valence-corrected chi connectivity index (χ1v) is 8.11. The minimum absolute atomic E-state index is 0.229. The summed E-state index contributed by atoms with van der Waals surface area (Å²) in [6.45, 7) is 3.46. The topological polar surface area (TPSA) is 43.4 Å². The molecule has 6 heteroatoms. The average molecular weight is 322 g/mol. The molecule has 0 aliphatic carbocycles. The van der Waals surface area contributed by atoms with Gasteiger partial charge in [0.05, 0.1) is 5.56 Å². The van der Waals surface area contributed by atoms with Crippen molar-refractivity contribution in [1.29, 1.82) is 0 Å². The van der Waals surface area contributed by atoms with Gasteiger partial charge in [0.2, 0.25) is 6.79 Å². The molecule has 128 valence electrons. The van der Waals surface area contributed by atoms with Crippen molar-refractivity contribution in [2.75, 3.05) is 47.9 Å². The highest BCUT2D eigenvalue weighted by Crippen LogP contribution is 2.41. The normalized spacial score (nSPS) is 21.0. The summed E-state index contributed by atoms with van der Waals surface area (Å²) >= 11 is 0. The lowest BCUT2D eigenvalue weighted by molar-refractivity contribution is 0.0490. The van der Waals surface area contributed by atoms with E-state index >= 15 is 0 Å². The maximum absolute atomic E-state index is 5.73. The molecular weight excluding hydrogens is 296 g/mol. The fourth-order valence-electron chi connectivity index (χ4n) is 3.24. The molecule has 3 rings (SSSR count). The Morgan fingerprint density at radius 3 is 2.96 bits per heavy atom. The first-order valence-electron chi connectivity index (χ1n) is 8.11. The number of hydrogen-bond acceptors (Lipinski definition) is 6. The number of fused-ring (bicyclic) bond motifs is 1. The number of nitrogens with zero attached hydrogens (tertiary/aromatic N) is 2. The standard InChI is InChI=1S/C17H26N2O4/c1-18(2)13-5-4-8-19(9-13)10-14-15(21-11-20-3)6-7-16-17(14)23-12-22-16/h6-7,13H,4-5,8-12H2,1-3H3. The number of methoxy groups -OCH3 is 1. The monoisotopic (exact) mass is 322 g/mol. The molecule has 1 fully saturated rings. The van der Waals surface area contributed by atoms with Crippen molar-refractivity contribution >= 4 is 0 Å². The third-order valence-electron chi connectivity index (χ3n) is 4.52. The maximum atomic E-state index is 5.73. The van der Waals surface area contributed by atoms with Crippen LogP contribution in [0.25, 0.3) is 0 Å². The Kier molecular flexibility index (Phi) is 5.25. The highest BCUT2D eigenvalue weighted by Gasteiger charge is 2.27. The molecule has 2 aliphatic rings. The molecule has 1 saturated heterocycles. The Labute approximate surface area is 137 Å². The van der Waals surface area contributed by atoms with Gasteiger partial charge in [-0.3, -0.25) is 4.90 Å². The highest BCUT2D eigenvalue weighted by molar-refractivity contribution is 5.55. The van der Waals surface area contributed by atoms with E-state index in [1.165, 1.54) is 12.8 Å². The highest BCUT2D eigenvalue weighted by atomic mass is 16.7. The van der Waals surface area contributed by atoms with Gasteiger partial charge in [0.25, 0.3) is 0 Å². The lowest BCUT2D eigenvalue weighted by Gasteiger charge is -2.36. The van der Waals surface area contributed by atoms with E-state index in [1.54, 1.807) is 7.11 Å². The van der Waals surface area contributed by atoms with Gasteiger partial charge in [0.1, 0.15) is 5.75 Å². The van der Waals surface area contributed by atoms with Gasteiger partial charge in [-0.2, -0.15) is 0 Å². The van der Waals surface area contributed by atoms with Crippen molar-refractivity contribution < 1.29 is 18.9 Å². The molecule has 0 radical (unpaired) electrons. The first-order chi connectivity index (χ1) is 11.2. The minimum atomic E-state index is 0.229. The minimum Gasteiger partial charge on any atom is -0.467 e. The summed E-state index contributed by atoms with van der Waals surface area (Å²) in [6, 6.07) is 4.44. The molecule has 0 aromatic heterocycles. The average Bonchev–Trinajstić information content (AvgIpc) is 3.03. The van der Waals surface area contributed by atoms with E-state index in [4.69, 9.17) is 18.9 Å². The van der Waals surface area contributed by atoms with Gasteiger partial charge in [-0.25, -0.2) is 0 Å². The Morgan fingerprint density at radius 1 is 1.30 bits per heavy atom. The van der Waals surface area contributed by atoms with E-state index in [9.17, 15) is 0 Å². The molecule has 1 aromatic rings. The molecule has 2 heterocycles. The number of ether oxygens (including phenoxy) is 4. The summed E-state index contributed by atoms with van der Waals surface area (Å²) in [5.74, 6) is 2.42. The fraction of sp³-hybridized carbons (Fsp3) is 0.647. The van der Waals surface area contributed by atoms with Crippen LogP contribution in [0.5, 0.6) is 17.2 Å². The van der Waals surface area contributed by atoms with Gasteiger partial charge in [-0.05, 0) is 45.6 Å². The Hall–Kier alpha value is -1.50. The van der Waals surface area contributed by atoms with Crippen LogP contribution in [0.2, 0.25) is 0 Å². The lowest BCUT2D eigenvalue weighted by Crippen LogP contribution is -2.44. The Balaban J connectivity index is 1.79. The number of piperidine rings is 1. The SMILES string of the molecule is COCOc1ccc2c(c1CN1CCCC(N(C)C)C1)OCO2. The van der Waals surface area contributed by atoms with Crippen molar-refractivity contribution in [3.05, 3.63) is 17.7 Å². The number of likely N-dealkylation sites (N-methyl/N-ethyl adjacent to an activating group) is 1. The molecule has 1 aromatic carbocycles. The molecular formula is C17H26N2O4. The number of likely N-dealkylation sites (tertiary alicyclic amines) is 1. The molecule has 0 spiro atoms. The van der Waals surface area contributed by atoms with Crippen molar-refractivity contribution in [2.45, 2.75) is 25.4 Å². The van der Waals surface area contributed by atoms with Crippen LogP contribution in [-0.2, 0) is 11.3 Å². The van der Waals surface area contributed by atoms with Crippen molar-refractivity contribution in [2.24, 2.45) is 0 Å². The van der Waals surface area contributed by atoms with Gasteiger partial charge < -0.3 is 23.8 Å². The third-order valence-corrected chi connectivity index (χ3v) is 4.52. The molecule has 1 atom stereocenters. The molecule has 0 amide bonds. The van der Waals surface area contributed by atoms with Gasteiger partial charge in [-0.15, -0.1) is 0 Å². The van der Waals surface area contributed by atoms with Gasteiger partial charge >= 0.3 is 0 Å². The molecule has 2 aliphatic heterocycles. The quantitative estimate of drug-likeness (QED) is 0.746. The van der Waals surface area contributed by atoms with Crippen LogP contribution < -0.4 is 14.2 Å². The predicted octanol–water partition coefficient (Wildman–Crippen LogP) is 1.92. The molecule has 0 saturated carbocycles. The zero-order valence-corrected chi connectivity index (χ0v) is 14.2. The van der Waals surface area contributed by atoms with E-state index < -0.39 is 0 Å². The summed E-state index contributed by atoms with van der Waals surface area (Å²) in [4.78, 5) is 4.77. The number of rotatable bonds is 6. The van der Waals surface area contributed by atoms with E-state index in [-0.39, 0.29) is 13.6 Å². The van der Waals surface area contributed by atoms with Gasteiger partial charge in [-0.1, -0.05) is 0 Å². The van der Waals surface area contributed by atoms with Crippen LogP contribution in [0.1, 0.15) is 18.4 Å². The first kappa shape index (κ1) is 16.4. The summed E-state index contributed by atoms with van der Waals surface area (Å²) in [6.07, 6.45) is 2.46. The van der Waals surface area contributed by atoms with Crippen LogP contribution in [0.4, 0.5) is 0 Å². The van der Waals surface area contributed by atoms with Crippen LogP contribution >= 0.6 is 0 Å². The zero-order chi connectivity index (χ0) is 16.2. The molecule has 0 bridgehead atoms. The molecule has 6 nitrogen and oxygen atoms in total. The third kappa shape index (κ3) is 3.71. The lowest BCUT2D eigenvalue weighted by atomic mass is 10.0. The molecule has 0 N–H and O–H groups in total. The zero-order valence-electron chi connectivity index (χ0n) is 14.2. The summed E-state index contributed by atoms with van der Waals surface area (Å²) < 4.78 is 22.0. The molecule has 1 unspecified atom stereocenters. The molecule has 23 heavy (non-hydrogen) atoms. The van der Waals surface area contributed by atoms with Crippen LogP contribution in [-0.4, -0.2) is 63.7 Å². The Bertz CT molecular complexity index is 536. The van der Waals surface area contributed by atoms with E-state index in [2.05, 4.69) is 23.9 Å². The Morgan fingerprint density at radius 2 is 2.17 bits per heavy atom. The largest absolute Gasteiger partial charge is 0.467 e. The summed E-state index contributed by atoms with van der Waals surface area (Å²) in [5.41, 5.74) is 1.05. The van der Waals surface area contributed by atoms with Crippen LogP contribution in [0, 0.1) is 0 Å². The fourth-order valence-corrected chi connectivity index (χ4v) is 3.24. The second-order valence-electron chi connectivity index (χ2n) is 6.32. The smallest absolute Gasteiger partial charge is 0.231 e. The number of benzene rings is 1. The second kappa shape index (κ2) is 7.38. The van der Waals surface area contributed by atoms with E-state index in [0.717, 1.165) is 42.4 Å².